The zero-order valence-electron chi connectivity index (χ0n) is 13.9. The highest BCUT2D eigenvalue weighted by Crippen LogP contribution is 2.28. The zero-order valence-corrected chi connectivity index (χ0v) is 14.7. The van der Waals surface area contributed by atoms with E-state index in [-0.39, 0.29) is 23.4 Å². The first kappa shape index (κ1) is 18.5. The zero-order chi connectivity index (χ0) is 17.5. The third kappa shape index (κ3) is 5.10. The monoisotopic (exact) mass is 353 g/mol. The fraction of sp³-hybridized carbons (Fsp3) is 0.562. The van der Waals surface area contributed by atoms with Crippen LogP contribution in [0.3, 0.4) is 0 Å². The first-order chi connectivity index (χ1) is 11.5. The highest BCUT2D eigenvalue weighted by molar-refractivity contribution is 7.99. The standard InChI is InChI=1S/C16H23N3O4S/c1-11-5-6-17-8-13(11)18-16(20)10-24-9-12-3-4-15(23-2)14(7-12)19(21)22/h3-4,7,11,13,17H,5-6,8-10H2,1-2H3,(H,18,20). The molecule has 24 heavy (non-hydrogen) atoms. The van der Waals surface area contributed by atoms with E-state index in [2.05, 4.69) is 17.6 Å². The molecular weight excluding hydrogens is 330 g/mol. The summed E-state index contributed by atoms with van der Waals surface area (Å²) in [6.07, 6.45) is 1.06. The summed E-state index contributed by atoms with van der Waals surface area (Å²) in [7, 11) is 1.40. The number of thioether (sulfide) groups is 1. The molecule has 1 aliphatic heterocycles. The Kier molecular flexibility index (Phi) is 6.86. The van der Waals surface area contributed by atoms with Gasteiger partial charge in [0.2, 0.25) is 5.91 Å². The maximum Gasteiger partial charge on any atom is 0.311 e. The summed E-state index contributed by atoms with van der Waals surface area (Å²) in [6, 6.07) is 5.04. The number of nitro groups is 1. The molecular formula is C16H23N3O4S. The Morgan fingerprint density at radius 1 is 1.54 bits per heavy atom. The maximum atomic E-state index is 12.0. The van der Waals surface area contributed by atoms with Gasteiger partial charge in [-0.05, 0) is 30.5 Å². The normalized spacial score (nSPS) is 20.4. The number of hydrogen-bond donors (Lipinski definition) is 2. The predicted molar refractivity (Wildman–Crippen MR) is 94.4 cm³/mol. The second-order valence-corrected chi connectivity index (χ2v) is 6.89. The summed E-state index contributed by atoms with van der Waals surface area (Å²) < 4.78 is 4.98. The smallest absolute Gasteiger partial charge is 0.311 e. The van der Waals surface area contributed by atoms with Crippen molar-refractivity contribution in [2.75, 3.05) is 26.0 Å². The molecule has 132 valence electrons. The first-order valence-corrected chi connectivity index (χ1v) is 9.06. The molecule has 0 aliphatic carbocycles. The molecule has 0 saturated carbocycles. The molecule has 0 spiro atoms. The molecule has 7 nitrogen and oxygen atoms in total. The molecule has 0 aromatic heterocycles. The van der Waals surface area contributed by atoms with Gasteiger partial charge in [0.25, 0.3) is 0 Å². The van der Waals surface area contributed by atoms with Gasteiger partial charge in [0.05, 0.1) is 17.8 Å². The Hall–Kier alpha value is -1.80. The van der Waals surface area contributed by atoms with Crippen molar-refractivity contribution in [1.82, 2.24) is 10.6 Å². The second-order valence-electron chi connectivity index (χ2n) is 5.90. The molecule has 1 amide bonds. The Balaban J connectivity index is 1.82. The summed E-state index contributed by atoms with van der Waals surface area (Å²) >= 11 is 1.44. The van der Waals surface area contributed by atoms with Gasteiger partial charge in [-0.2, -0.15) is 0 Å². The van der Waals surface area contributed by atoms with Crippen LogP contribution in [-0.4, -0.2) is 42.8 Å². The number of nitro benzene ring substituents is 1. The number of ether oxygens (including phenoxy) is 1. The van der Waals surface area contributed by atoms with Crippen molar-refractivity contribution in [1.29, 1.82) is 0 Å². The van der Waals surface area contributed by atoms with E-state index in [1.165, 1.54) is 24.9 Å². The lowest BCUT2D eigenvalue weighted by molar-refractivity contribution is -0.385. The van der Waals surface area contributed by atoms with Gasteiger partial charge in [0, 0.05) is 24.4 Å². The van der Waals surface area contributed by atoms with E-state index >= 15 is 0 Å². The van der Waals surface area contributed by atoms with Crippen molar-refractivity contribution in [3.8, 4) is 5.75 Å². The molecule has 2 N–H and O–H groups in total. The van der Waals surface area contributed by atoms with E-state index in [1.807, 2.05) is 0 Å². The molecule has 0 radical (unpaired) electrons. The van der Waals surface area contributed by atoms with Crippen LogP contribution in [0.5, 0.6) is 5.75 Å². The van der Waals surface area contributed by atoms with Crippen LogP contribution in [0.2, 0.25) is 0 Å². The van der Waals surface area contributed by atoms with Crippen molar-refractivity contribution < 1.29 is 14.5 Å². The van der Waals surface area contributed by atoms with E-state index < -0.39 is 4.92 Å². The Morgan fingerprint density at radius 3 is 3.00 bits per heavy atom. The van der Waals surface area contributed by atoms with Crippen LogP contribution < -0.4 is 15.4 Å². The summed E-state index contributed by atoms with van der Waals surface area (Å²) in [5.74, 6) is 1.60. The number of piperidine rings is 1. The number of hydrogen-bond acceptors (Lipinski definition) is 6. The molecule has 0 bridgehead atoms. The van der Waals surface area contributed by atoms with Gasteiger partial charge in [-0.1, -0.05) is 13.0 Å². The van der Waals surface area contributed by atoms with Crippen LogP contribution in [0.15, 0.2) is 18.2 Å². The van der Waals surface area contributed by atoms with Crippen molar-refractivity contribution in [3.63, 3.8) is 0 Å². The van der Waals surface area contributed by atoms with Crippen molar-refractivity contribution in [2.45, 2.75) is 25.1 Å². The van der Waals surface area contributed by atoms with Gasteiger partial charge in [-0.15, -0.1) is 11.8 Å². The maximum absolute atomic E-state index is 12.0. The third-order valence-electron chi connectivity index (χ3n) is 4.12. The number of carbonyl (C=O) groups excluding carboxylic acids is 1. The fourth-order valence-corrected chi connectivity index (χ4v) is 3.45. The number of methoxy groups -OCH3 is 1. The van der Waals surface area contributed by atoms with E-state index in [9.17, 15) is 14.9 Å². The number of carbonyl (C=O) groups is 1. The van der Waals surface area contributed by atoms with Crippen LogP contribution in [0.25, 0.3) is 0 Å². The van der Waals surface area contributed by atoms with Crippen molar-refractivity contribution in [2.24, 2.45) is 5.92 Å². The summed E-state index contributed by atoms with van der Waals surface area (Å²) in [4.78, 5) is 22.6. The SMILES string of the molecule is COc1ccc(CSCC(=O)NC2CNCCC2C)cc1[N+](=O)[O-]. The van der Waals surface area contributed by atoms with Gasteiger partial charge in [-0.3, -0.25) is 14.9 Å². The first-order valence-electron chi connectivity index (χ1n) is 7.90. The minimum atomic E-state index is -0.461. The highest BCUT2D eigenvalue weighted by Gasteiger charge is 2.22. The lowest BCUT2D eigenvalue weighted by Crippen LogP contribution is -2.50. The second kappa shape index (κ2) is 8.89. The van der Waals surface area contributed by atoms with Gasteiger partial charge in [-0.25, -0.2) is 0 Å². The van der Waals surface area contributed by atoms with Gasteiger partial charge in [0.1, 0.15) is 0 Å². The van der Waals surface area contributed by atoms with Crippen LogP contribution in [0.1, 0.15) is 18.9 Å². The average Bonchev–Trinajstić information content (AvgIpc) is 2.56. The summed E-state index contributed by atoms with van der Waals surface area (Å²) in [6.45, 7) is 3.95. The van der Waals surface area contributed by atoms with Crippen LogP contribution in [0.4, 0.5) is 5.69 Å². The molecule has 1 saturated heterocycles. The van der Waals surface area contributed by atoms with E-state index in [1.54, 1.807) is 12.1 Å². The number of benzene rings is 1. The number of rotatable bonds is 7. The van der Waals surface area contributed by atoms with Gasteiger partial charge >= 0.3 is 5.69 Å². The molecule has 1 aliphatic rings. The molecule has 1 aromatic rings. The lowest BCUT2D eigenvalue weighted by Gasteiger charge is -2.30. The molecule has 1 aromatic carbocycles. The number of amides is 1. The summed E-state index contributed by atoms with van der Waals surface area (Å²) in [5, 5.41) is 17.4. The Morgan fingerprint density at radius 2 is 2.33 bits per heavy atom. The Labute approximate surface area is 145 Å². The lowest BCUT2D eigenvalue weighted by atomic mass is 9.95. The van der Waals surface area contributed by atoms with Gasteiger partial charge < -0.3 is 15.4 Å². The van der Waals surface area contributed by atoms with Crippen LogP contribution >= 0.6 is 11.8 Å². The fourth-order valence-electron chi connectivity index (χ4n) is 2.66. The van der Waals surface area contributed by atoms with E-state index in [4.69, 9.17) is 4.74 Å². The van der Waals surface area contributed by atoms with Crippen LogP contribution in [-0.2, 0) is 10.5 Å². The molecule has 1 heterocycles. The highest BCUT2D eigenvalue weighted by atomic mass is 32.2. The Bertz CT molecular complexity index is 597. The quantitative estimate of drug-likeness (QED) is 0.575. The van der Waals surface area contributed by atoms with Gasteiger partial charge in [0.15, 0.2) is 5.75 Å². The third-order valence-corrected chi connectivity index (χ3v) is 5.12. The number of nitrogens with one attached hydrogen (secondary N) is 2. The largest absolute Gasteiger partial charge is 0.490 e. The molecule has 1 fully saturated rings. The minimum Gasteiger partial charge on any atom is -0.490 e. The molecule has 8 heteroatoms. The number of nitrogens with zero attached hydrogens (tertiary/aromatic N) is 1. The van der Waals surface area contributed by atoms with E-state index in [0.717, 1.165) is 25.1 Å². The van der Waals surface area contributed by atoms with Crippen LogP contribution in [0, 0.1) is 16.0 Å². The van der Waals surface area contributed by atoms with Crippen molar-refractivity contribution >= 4 is 23.4 Å². The van der Waals surface area contributed by atoms with E-state index in [0.29, 0.717) is 17.4 Å². The molecule has 2 atom stereocenters. The van der Waals surface area contributed by atoms with Crippen molar-refractivity contribution in [3.05, 3.63) is 33.9 Å². The average molecular weight is 353 g/mol. The molecule has 2 unspecified atom stereocenters. The molecule has 2 rings (SSSR count). The minimum absolute atomic E-state index is 0.00330. The topological polar surface area (TPSA) is 93.5 Å². The predicted octanol–water partition coefficient (Wildman–Crippen LogP) is 1.95. The summed E-state index contributed by atoms with van der Waals surface area (Å²) in [5.41, 5.74) is 0.746.